The van der Waals surface area contributed by atoms with Gasteiger partial charge < -0.3 is 14.8 Å². The molecule has 0 bridgehead atoms. The van der Waals surface area contributed by atoms with Crippen molar-refractivity contribution in [3.8, 4) is 17.2 Å². The number of para-hydroxylation sites is 1. The summed E-state index contributed by atoms with van der Waals surface area (Å²) in [6.07, 6.45) is 0. The van der Waals surface area contributed by atoms with E-state index in [1.807, 2.05) is 54.6 Å². The first-order chi connectivity index (χ1) is 14.1. The van der Waals surface area contributed by atoms with Gasteiger partial charge in [0.25, 0.3) is 5.91 Å². The Kier molecular flexibility index (Phi) is 7.02. The van der Waals surface area contributed by atoms with Gasteiger partial charge in [-0.05, 0) is 60.2 Å². The Bertz CT molecular complexity index is 963. The molecule has 0 saturated carbocycles. The second-order valence-electron chi connectivity index (χ2n) is 6.05. The van der Waals surface area contributed by atoms with Gasteiger partial charge in [-0.2, -0.15) is 0 Å². The Labute approximate surface area is 174 Å². The first-order valence-corrected chi connectivity index (χ1v) is 9.35. The van der Waals surface area contributed by atoms with Crippen molar-refractivity contribution in [3.05, 3.63) is 90.0 Å². The van der Waals surface area contributed by atoms with Crippen molar-refractivity contribution in [1.29, 1.82) is 0 Å². The van der Waals surface area contributed by atoms with Gasteiger partial charge in [-0.1, -0.05) is 36.4 Å². The van der Waals surface area contributed by atoms with Gasteiger partial charge in [0.2, 0.25) is 0 Å². The third-order valence-electron chi connectivity index (χ3n) is 3.98. The molecule has 6 nitrogen and oxygen atoms in total. The molecule has 3 N–H and O–H groups in total. The summed E-state index contributed by atoms with van der Waals surface area (Å²) in [4.78, 5) is 12.4. The molecule has 0 saturated heterocycles. The summed E-state index contributed by atoms with van der Waals surface area (Å²) in [6, 6.07) is 23.9. The van der Waals surface area contributed by atoms with Gasteiger partial charge in [0.1, 0.15) is 17.2 Å². The molecule has 0 atom stereocenters. The molecule has 0 aliphatic carbocycles. The van der Waals surface area contributed by atoms with Crippen LogP contribution >= 0.6 is 12.2 Å². The largest absolute Gasteiger partial charge is 0.497 e. The zero-order chi connectivity index (χ0) is 20.5. The number of benzene rings is 3. The van der Waals surface area contributed by atoms with Gasteiger partial charge in [-0.3, -0.25) is 15.6 Å². The molecule has 1 amide bonds. The highest BCUT2D eigenvalue weighted by Crippen LogP contribution is 2.21. The van der Waals surface area contributed by atoms with E-state index in [1.54, 1.807) is 31.4 Å². The van der Waals surface area contributed by atoms with E-state index in [0.717, 1.165) is 11.3 Å². The highest BCUT2D eigenvalue weighted by Gasteiger charge is 2.08. The molecular weight excluding hydrogens is 386 g/mol. The molecule has 0 radical (unpaired) electrons. The van der Waals surface area contributed by atoms with Crippen LogP contribution in [-0.4, -0.2) is 18.1 Å². The maximum atomic E-state index is 12.4. The molecule has 148 valence electrons. The normalized spacial score (nSPS) is 9.97. The quantitative estimate of drug-likeness (QED) is 0.427. The molecule has 0 unspecified atom stereocenters. The summed E-state index contributed by atoms with van der Waals surface area (Å²) in [5.74, 6) is 1.74. The van der Waals surface area contributed by atoms with Gasteiger partial charge in [-0.15, -0.1) is 0 Å². The average Bonchev–Trinajstić information content (AvgIpc) is 2.77. The maximum Gasteiger partial charge on any atom is 0.269 e. The Morgan fingerprint density at radius 2 is 1.59 bits per heavy atom. The predicted octanol–water partition coefficient (Wildman–Crippen LogP) is 3.80. The molecule has 3 rings (SSSR count). The number of ether oxygens (including phenoxy) is 2. The smallest absolute Gasteiger partial charge is 0.269 e. The number of rotatable bonds is 6. The molecule has 0 aliphatic heterocycles. The summed E-state index contributed by atoms with van der Waals surface area (Å²) >= 11 is 5.20. The number of nitrogens with one attached hydrogen (secondary N) is 3. The minimum Gasteiger partial charge on any atom is -0.497 e. The molecule has 7 heteroatoms. The van der Waals surface area contributed by atoms with E-state index >= 15 is 0 Å². The van der Waals surface area contributed by atoms with Crippen molar-refractivity contribution in [2.75, 3.05) is 7.11 Å². The number of methoxy groups -OCH3 is 1. The second-order valence-corrected chi connectivity index (χ2v) is 6.46. The summed E-state index contributed by atoms with van der Waals surface area (Å²) in [7, 11) is 1.62. The van der Waals surface area contributed by atoms with Crippen LogP contribution in [0.5, 0.6) is 17.2 Å². The van der Waals surface area contributed by atoms with E-state index in [0.29, 0.717) is 28.7 Å². The lowest BCUT2D eigenvalue weighted by Gasteiger charge is -2.12. The molecule has 29 heavy (non-hydrogen) atoms. The summed E-state index contributed by atoms with van der Waals surface area (Å²) in [6.45, 7) is 0.520. The first-order valence-electron chi connectivity index (χ1n) is 8.94. The van der Waals surface area contributed by atoms with Crippen LogP contribution in [-0.2, 0) is 6.54 Å². The van der Waals surface area contributed by atoms with Crippen molar-refractivity contribution in [2.24, 2.45) is 0 Å². The fourth-order valence-corrected chi connectivity index (χ4v) is 2.60. The van der Waals surface area contributed by atoms with Gasteiger partial charge in [-0.25, -0.2) is 0 Å². The van der Waals surface area contributed by atoms with Crippen molar-refractivity contribution in [2.45, 2.75) is 6.54 Å². The fourth-order valence-electron chi connectivity index (χ4n) is 2.48. The van der Waals surface area contributed by atoms with E-state index < -0.39 is 0 Å². The number of hydrazine groups is 1. The second kappa shape index (κ2) is 10.1. The van der Waals surface area contributed by atoms with Crippen LogP contribution in [0.25, 0.3) is 0 Å². The molecule has 3 aromatic carbocycles. The highest BCUT2D eigenvalue weighted by molar-refractivity contribution is 7.80. The Morgan fingerprint density at radius 1 is 0.862 bits per heavy atom. The standard InChI is InChI=1S/C22H21N3O3S/c1-27-18-12-10-16(11-13-18)15-23-22(29)25-24-21(26)17-6-5-9-20(14-17)28-19-7-3-2-4-8-19/h2-14H,15H2,1H3,(H,24,26)(H2,23,25,29). The van der Waals surface area contributed by atoms with Crippen LogP contribution in [0.2, 0.25) is 0 Å². The minimum absolute atomic E-state index is 0.311. The fraction of sp³-hybridized carbons (Fsp3) is 0.0909. The molecular formula is C22H21N3O3S. The van der Waals surface area contributed by atoms with Gasteiger partial charge in [0.05, 0.1) is 7.11 Å². The summed E-state index contributed by atoms with van der Waals surface area (Å²) in [5.41, 5.74) is 6.76. The topological polar surface area (TPSA) is 71.6 Å². The minimum atomic E-state index is -0.322. The highest BCUT2D eigenvalue weighted by atomic mass is 32.1. The Hall–Kier alpha value is -3.58. The van der Waals surface area contributed by atoms with Crippen LogP contribution in [0.1, 0.15) is 15.9 Å². The summed E-state index contributed by atoms with van der Waals surface area (Å²) in [5, 5.41) is 3.34. The molecule has 0 aromatic heterocycles. The molecule has 0 heterocycles. The predicted molar refractivity (Wildman–Crippen MR) is 116 cm³/mol. The third kappa shape index (κ3) is 6.22. The number of hydrogen-bond donors (Lipinski definition) is 3. The van der Waals surface area contributed by atoms with Crippen LogP contribution in [0.3, 0.4) is 0 Å². The molecule has 0 spiro atoms. The van der Waals surface area contributed by atoms with E-state index in [-0.39, 0.29) is 5.91 Å². The zero-order valence-electron chi connectivity index (χ0n) is 15.8. The average molecular weight is 407 g/mol. The molecule has 0 fully saturated rings. The third-order valence-corrected chi connectivity index (χ3v) is 4.22. The van der Waals surface area contributed by atoms with Crippen LogP contribution in [0.4, 0.5) is 0 Å². The number of hydrogen-bond acceptors (Lipinski definition) is 4. The zero-order valence-corrected chi connectivity index (χ0v) is 16.7. The lowest BCUT2D eigenvalue weighted by atomic mass is 10.2. The Balaban J connectivity index is 1.48. The van der Waals surface area contributed by atoms with Gasteiger partial charge in [0, 0.05) is 12.1 Å². The van der Waals surface area contributed by atoms with E-state index in [2.05, 4.69) is 16.2 Å². The van der Waals surface area contributed by atoms with E-state index in [9.17, 15) is 4.79 Å². The van der Waals surface area contributed by atoms with E-state index in [4.69, 9.17) is 21.7 Å². The van der Waals surface area contributed by atoms with E-state index in [1.165, 1.54) is 0 Å². The molecule has 3 aromatic rings. The number of carbonyl (C=O) groups excluding carboxylic acids is 1. The maximum absolute atomic E-state index is 12.4. The summed E-state index contributed by atoms with van der Waals surface area (Å²) < 4.78 is 10.9. The molecule has 0 aliphatic rings. The lowest BCUT2D eigenvalue weighted by Crippen LogP contribution is -2.46. The van der Waals surface area contributed by atoms with Crippen LogP contribution in [0.15, 0.2) is 78.9 Å². The van der Waals surface area contributed by atoms with Crippen molar-refractivity contribution in [3.63, 3.8) is 0 Å². The SMILES string of the molecule is COc1ccc(CNC(=S)NNC(=O)c2cccc(Oc3ccccc3)c2)cc1. The first kappa shape index (κ1) is 20.2. The Morgan fingerprint density at radius 3 is 2.31 bits per heavy atom. The van der Waals surface area contributed by atoms with Crippen molar-refractivity contribution < 1.29 is 14.3 Å². The monoisotopic (exact) mass is 407 g/mol. The van der Waals surface area contributed by atoms with Crippen molar-refractivity contribution >= 4 is 23.2 Å². The van der Waals surface area contributed by atoms with Crippen LogP contribution < -0.4 is 25.6 Å². The van der Waals surface area contributed by atoms with Gasteiger partial charge >= 0.3 is 0 Å². The van der Waals surface area contributed by atoms with Crippen LogP contribution in [0, 0.1) is 0 Å². The number of thiocarbonyl (C=S) groups is 1. The lowest BCUT2D eigenvalue weighted by molar-refractivity contribution is 0.0943. The number of carbonyl (C=O) groups is 1. The van der Waals surface area contributed by atoms with Crippen molar-refractivity contribution in [1.82, 2.24) is 16.2 Å². The van der Waals surface area contributed by atoms with Gasteiger partial charge in [0.15, 0.2) is 5.11 Å². The number of amides is 1.